The van der Waals surface area contributed by atoms with Crippen LogP contribution >= 0.6 is 0 Å². The Morgan fingerprint density at radius 1 is 0.833 bits per heavy atom. The van der Waals surface area contributed by atoms with E-state index in [1.165, 1.54) is 36.7 Å². The molecule has 0 saturated heterocycles. The Morgan fingerprint density at radius 3 is 1.89 bits per heavy atom. The molecular weight excluding hydrogens is 480 g/mol. The predicted molar refractivity (Wildman–Crippen MR) is 139 cm³/mol. The zero-order valence-corrected chi connectivity index (χ0v) is 22.0. The van der Waals surface area contributed by atoms with Crippen LogP contribution in [0.2, 0.25) is 0 Å². The molecule has 0 aliphatic rings. The number of benzene rings is 1. The zero-order chi connectivity index (χ0) is 26.7. The first-order valence-corrected chi connectivity index (χ1v) is 12.7. The van der Waals surface area contributed by atoms with Gasteiger partial charge in [0.25, 0.3) is 10.0 Å². The van der Waals surface area contributed by atoms with Gasteiger partial charge in [-0.25, -0.2) is 27.0 Å². The number of rotatable bonds is 6. The summed E-state index contributed by atoms with van der Waals surface area (Å²) in [6, 6.07) is 9.52. The van der Waals surface area contributed by atoms with Crippen LogP contribution in [0.4, 0.5) is 0 Å². The van der Waals surface area contributed by atoms with E-state index < -0.39 is 33.2 Å². The van der Waals surface area contributed by atoms with Crippen LogP contribution in [0.3, 0.4) is 0 Å². The second-order valence-electron chi connectivity index (χ2n) is 10.1. The summed E-state index contributed by atoms with van der Waals surface area (Å²) in [5.74, 6) is -0.962. The molecule has 0 unspecified atom stereocenters. The van der Waals surface area contributed by atoms with E-state index >= 15 is 0 Å². The van der Waals surface area contributed by atoms with Crippen LogP contribution in [0.5, 0.6) is 0 Å². The number of fused-ring (bicyclic) bond motifs is 1. The first-order valence-electron chi connectivity index (χ1n) is 11.3. The Hall–Kier alpha value is -3.72. The lowest BCUT2D eigenvalue weighted by molar-refractivity contribution is -0.149. The van der Waals surface area contributed by atoms with E-state index in [1.807, 2.05) is 0 Å². The van der Waals surface area contributed by atoms with Crippen LogP contribution in [0, 0.1) is 0 Å². The molecule has 3 aromatic rings. The molecule has 2 aromatic heterocycles. The van der Waals surface area contributed by atoms with Crippen molar-refractivity contribution in [3.63, 3.8) is 0 Å². The summed E-state index contributed by atoms with van der Waals surface area (Å²) in [6.45, 7) is 10.7. The molecule has 2 heterocycles. The van der Waals surface area contributed by atoms with Gasteiger partial charge in [0, 0.05) is 29.9 Å². The number of ether oxygens (including phenoxy) is 2. The monoisotopic (exact) mass is 510 g/mol. The molecule has 0 fully saturated rings. The van der Waals surface area contributed by atoms with E-state index in [0.29, 0.717) is 16.5 Å². The van der Waals surface area contributed by atoms with Crippen molar-refractivity contribution in [1.82, 2.24) is 8.96 Å². The third kappa shape index (κ3) is 7.14. The molecule has 0 N–H and O–H groups in total. The Morgan fingerprint density at radius 2 is 1.36 bits per heavy atom. The minimum absolute atomic E-state index is 0.0742. The smallest absolute Gasteiger partial charge is 0.331 e. The van der Waals surface area contributed by atoms with Gasteiger partial charge < -0.3 is 9.47 Å². The third-order valence-corrected chi connectivity index (χ3v) is 6.27. The molecule has 0 radical (unpaired) electrons. The van der Waals surface area contributed by atoms with Gasteiger partial charge in [0.15, 0.2) is 5.65 Å². The topological polar surface area (TPSA) is 105 Å². The van der Waals surface area contributed by atoms with Gasteiger partial charge in [-0.2, -0.15) is 0 Å². The molecule has 36 heavy (non-hydrogen) atoms. The molecule has 0 amide bonds. The van der Waals surface area contributed by atoms with Gasteiger partial charge in [-0.3, -0.25) is 0 Å². The number of carbonyl (C=O) groups is 2. The molecule has 3 rings (SSSR count). The molecule has 0 aliphatic carbocycles. The molecule has 9 heteroatoms. The number of hydrogen-bond acceptors (Lipinski definition) is 7. The molecule has 0 spiro atoms. The minimum Gasteiger partial charge on any atom is -0.457 e. The lowest BCUT2D eigenvalue weighted by Crippen LogP contribution is -2.22. The molecular formula is C27H30N2O6S. The largest absolute Gasteiger partial charge is 0.457 e. The first-order chi connectivity index (χ1) is 16.6. The fraction of sp³-hybridized carbons (Fsp3) is 0.296. The second-order valence-corrected chi connectivity index (χ2v) is 11.9. The molecule has 0 atom stereocenters. The number of hydrogen-bond donors (Lipinski definition) is 0. The van der Waals surface area contributed by atoms with E-state index in [4.69, 9.17) is 9.47 Å². The van der Waals surface area contributed by atoms with Crippen molar-refractivity contribution in [1.29, 1.82) is 0 Å². The van der Waals surface area contributed by atoms with Gasteiger partial charge in [-0.15, -0.1) is 0 Å². The number of pyridine rings is 1. The first kappa shape index (κ1) is 26.9. The van der Waals surface area contributed by atoms with Crippen LogP contribution in [0.25, 0.3) is 23.2 Å². The standard InChI is InChI=1S/C27H30N2O6S/c1-26(2,3)34-23(30)13-9-19-7-11-22(12-8-19)36(32,33)29-16-15-21-17-20(18-28-25(21)29)10-14-24(31)35-27(4,5)6/h7-18H,1-6H3. The SMILES string of the molecule is CC(C)(C)OC(=O)C=Cc1ccc(S(=O)(=O)n2ccc3cc(C=CC(=O)OC(C)(C)C)cnc32)cc1. The van der Waals surface area contributed by atoms with Crippen molar-refractivity contribution < 1.29 is 27.5 Å². The maximum absolute atomic E-state index is 13.2. The van der Waals surface area contributed by atoms with Crippen LogP contribution < -0.4 is 0 Å². The van der Waals surface area contributed by atoms with Crippen molar-refractivity contribution in [3.05, 3.63) is 72.1 Å². The lowest BCUT2D eigenvalue weighted by Gasteiger charge is -2.17. The summed E-state index contributed by atoms with van der Waals surface area (Å²) < 4.78 is 38.0. The molecule has 1 aromatic carbocycles. The van der Waals surface area contributed by atoms with Crippen molar-refractivity contribution >= 4 is 45.1 Å². The average Bonchev–Trinajstić information content (AvgIpc) is 3.18. The average molecular weight is 511 g/mol. The summed E-state index contributed by atoms with van der Waals surface area (Å²) in [6.07, 6.45) is 8.65. The number of carbonyl (C=O) groups excluding carboxylic acids is 2. The van der Waals surface area contributed by atoms with Gasteiger partial charge in [-0.1, -0.05) is 12.1 Å². The maximum atomic E-state index is 13.2. The van der Waals surface area contributed by atoms with Gasteiger partial charge in [-0.05, 0) is 89.1 Å². The summed E-state index contributed by atoms with van der Waals surface area (Å²) in [5, 5.41) is 0.599. The summed E-state index contributed by atoms with van der Waals surface area (Å²) in [4.78, 5) is 28.1. The van der Waals surface area contributed by atoms with Crippen molar-refractivity contribution in [2.45, 2.75) is 57.6 Å². The Bertz CT molecular complexity index is 1430. The molecule has 0 saturated carbocycles. The highest BCUT2D eigenvalue weighted by molar-refractivity contribution is 7.90. The lowest BCUT2D eigenvalue weighted by atomic mass is 10.2. The number of esters is 2. The van der Waals surface area contributed by atoms with E-state index in [2.05, 4.69) is 4.98 Å². The fourth-order valence-corrected chi connectivity index (χ4v) is 4.48. The number of aromatic nitrogens is 2. The van der Waals surface area contributed by atoms with Gasteiger partial charge >= 0.3 is 11.9 Å². The van der Waals surface area contributed by atoms with E-state index in [1.54, 1.807) is 78.0 Å². The van der Waals surface area contributed by atoms with Crippen molar-refractivity contribution in [2.75, 3.05) is 0 Å². The highest BCUT2D eigenvalue weighted by Crippen LogP contribution is 2.23. The Labute approximate surface area is 211 Å². The molecule has 0 aliphatic heterocycles. The highest BCUT2D eigenvalue weighted by atomic mass is 32.2. The van der Waals surface area contributed by atoms with Gasteiger partial charge in [0.1, 0.15) is 11.2 Å². The maximum Gasteiger partial charge on any atom is 0.331 e. The van der Waals surface area contributed by atoms with E-state index in [9.17, 15) is 18.0 Å². The van der Waals surface area contributed by atoms with Crippen molar-refractivity contribution in [3.8, 4) is 0 Å². The zero-order valence-electron chi connectivity index (χ0n) is 21.2. The minimum atomic E-state index is -3.91. The van der Waals surface area contributed by atoms with Crippen LogP contribution in [0.15, 0.2) is 65.8 Å². The van der Waals surface area contributed by atoms with E-state index in [-0.39, 0.29) is 10.5 Å². The summed E-state index contributed by atoms with van der Waals surface area (Å²) >= 11 is 0. The molecule has 190 valence electrons. The second kappa shape index (κ2) is 10.1. The summed E-state index contributed by atoms with van der Waals surface area (Å²) in [5.41, 5.74) is 0.351. The van der Waals surface area contributed by atoms with Crippen LogP contribution in [-0.2, 0) is 29.1 Å². The number of nitrogens with zero attached hydrogens (tertiary/aromatic N) is 2. The van der Waals surface area contributed by atoms with Crippen LogP contribution in [0.1, 0.15) is 52.7 Å². The van der Waals surface area contributed by atoms with Gasteiger partial charge in [0.2, 0.25) is 0 Å². The van der Waals surface area contributed by atoms with Crippen LogP contribution in [-0.4, -0.2) is 40.5 Å². The predicted octanol–water partition coefficient (Wildman–Crippen LogP) is 4.98. The Kier molecular flexibility index (Phi) is 7.54. The van der Waals surface area contributed by atoms with Crippen molar-refractivity contribution in [2.24, 2.45) is 0 Å². The fourth-order valence-electron chi connectivity index (χ4n) is 3.17. The van der Waals surface area contributed by atoms with E-state index in [0.717, 1.165) is 3.97 Å². The summed E-state index contributed by atoms with van der Waals surface area (Å²) in [7, 11) is -3.91. The highest BCUT2D eigenvalue weighted by Gasteiger charge is 2.20. The molecule has 8 nitrogen and oxygen atoms in total. The Balaban J connectivity index is 1.79. The normalized spacial score (nSPS) is 12.9. The van der Waals surface area contributed by atoms with Gasteiger partial charge in [0.05, 0.1) is 4.90 Å². The molecule has 0 bridgehead atoms. The third-order valence-electron chi connectivity index (χ3n) is 4.59. The quantitative estimate of drug-likeness (QED) is 0.340.